The van der Waals surface area contributed by atoms with Crippen LogP contribution in [0.15, 0.2) is 12.5 Å². The molecule has 4 heteroatoms. The Morgan fingerprint density at radius 1 is 1.55 bits per heavy atom. The highest BCUT2D eigenvalue weighted by Crippen LogP contribution is 1.96. The van der Waals surface area contributed by atoms with Gasteiger partial charge >= 0.3 is 0 Å². The van der Waals surface area contributed by atoms with Crippen LogP contribution in [0.1, 0.15) is 6.92 Å². The summed E-state index contributed by atoms with van der Waals surface area (Å²) in [6, 6.07) is -0.229. The largest absolute Gasteiger partial charge is 0.483 e. The molecule has 0 radical (unpaired) electrons. The van der Waals surface area contributed by atoms with Crippen LogP contribution in [0, 0.1) is 0 Å². The highest BCUT2D eigenvalue weighted by molar-refractivity contribution is 4.82. The van der Waals surface area contributed by atoms with Crippen molar-refractivity contribution in [1.29, 1.82) is 0 Å². The number of nitrogens with one attached hydrogen (secondary N) is 1. The molecular weight excluding hydrogens is 146 g/mol. The standard InChI is InChI=1S/C7H15NO3/c1-5(7(9)11-4)8-6(2)10-3/h5,7-9H,2H2,1,3-4H3. The minimum absolute atomic E-state index is 0.229. The van der Waals surface area contributed by atoms with E-state index in [1.54, 1.807) is 6.92 Å². The van der Waals surface area contributed by atoms with Crippen LogP contribution in [0.5, 0.6) is 0 Å². The van der Waals surface area contributed by atoms with Crippen LogP contribution in [0.25, 0.3) is 0 Å². The highest BCUT2D eigenvalue weighted by Gasteiger charge is 2.12. The molecule has 4 nitrogen and oxygen atoms in total. The number of ether oxygens (including phenoxy) is 2. The zero-order valence-corrected chi connectivity index (χ0v) is 7.13. The molecule has 2 N–H and O–H groups in total. The van der Waals surface area contributed by atoms with Crippen molar-refractivity contribution in [3.05, 3.63) is 12.5 Å². The fraction of sp³-hybridized carbons (Fsp3) is 0.714. The van der Waals surface area contributed by atoms with Crippen LogP contribution in [0.4, 0.5) is 0 Å². The summed E-state index contributed by atoms with van der Waals surface area (Å²) in [5, 5.41) is 11.9. The van der Waals surface area contributed by atoms with Crippen LogP contribution in [0.2, 0.25) is 0 Å². The Morgan fingerprint density at radius 3 is 2.45 bits per heavy atom. The zero-order valence-electron chi connectivity index (χ0n) is 7.13. The first kappa shape index (κ1) is 10.3. The number of hydrogen-bond acceptors (Lipinski definition) is 4. The molecule has 0 aliphatic heterocycles. The van der Waals surface area contributed by atoms with E-state index in [9.17, 15) is 0 Å². The summed E-state index contributed by atoms with van der Waals surface area (Å²) in [7, 11) is 2.93. The Kier molecular flexibility index (Phi) is 4.65. The van der Waals surface area contributed by atoms with Gasteiger partial charge in [0.25, 0.3) is 0 Å². The maximum Gasteiger partial charge on any atom is 0.179 e. The van der Waals surface area contributed by atoms with Gasteiger partial charge in [-0.15, -0.1) is 0 Å². The molecule has 0 amide bonds. The summed E-state index contributed by atoms with van der Waals surface area (Å²) >= 11 is 0. The molecule has 0 saturated heterocycles. The second-order valence-electron chi connectivity index (χ2n) is 2.19. The topological polar surface area (TPSA) is 50.7 Å². The SMILES string of the molecule is C=C(NC(C)C(O)OC)OC. The predicted octanol–water partition coefficient (Wildman–Crippen LogP) is 0.0469. The van der Waals surface area contributed by atoms with Gasteiger partial charge in [-0.2, -0.15) is 0 Å². The predicted molar refractivity (Wildman–Crippen MR) is 41.8 cm³/mol. The summed E-state index contributed by atoms with van der Waals surface area (Å²) in [6.07, 6.45) is -0.845. The Morgan fingerprint density at radius 2 is 2.09 bits per heavy atom. The van der Waals surface area contributed by atoms with Crippen molar-refractivity contribution >= 4 is 0 Å². The molecule has 66 valence electrons. The third-order valence-electron chi connectivity index (χ3n) is 1.30. The summed E-state index contributed by atoms with van der Waals surface area (Å²) in [6.45, 7) is 5.29. The average molecular weight is 161 g/mol. The van der Waals surface area contributed by atoms with Gasteiger partial charge in [0.2, 0.25) is 0 Å². The third-order valence-corrected chi connectivity index (χ3v) is 1.30. The van der Waals surface area contributed by atoms with Crippen molar-refractivity contribution in [2.75, 3.05) is 14.2 Å². The Labute approximate surface area is 66.8 Å². The van der Waals surface area contributed by atoms with Gasteiger partial charge in [0.15, 0.2) is 12.2 Å². The van der Waals surface area contributed by atoms with E-state index in [0.717, 1.165) is 0 Å². The van der Waals surface area contributed by atoms with Gasteiger partial charge in [-0.05, 0) is 13.5 Å². The number of aliphatic hydroxyl groups is 1. The summed E-state index contributed by atoms with van der Waals surface area (Å²) in [5.41, 5.74) is 0. The van der Waals surface area contributed by atoms with Crippen LogP contribution in [-0.4, -0.2) is 31.7 Å². The maximum absolute atomic E-state index is 9.09. The van der Waals surface area contributed by atoms with Gasteiger partial charge in [0.1, 0.15) is 0 Å². The molecule has 0 saturated carbocycles. The fourth-order valence-corrected chi connectivity index (χ4v) is 0.588. The molecule has 0 aromatic rings. The number of hydrogen-bond donors (Lipinski definition) is 2. The molecule has 2 unspecified atom stereocenters. The van der Waals surface area contributed by atoms with Crippen molar-refractivity contribution in [2.45, 2.75) is 19.3 Å². The van der Waals surface area contributed by atoms with Gasteiger partial charge in [0.05, 0.1) is 13.2 Å². The molecule has 0 rings (SSSR count). The molecule has 0 aliphatic rings. The fourth-order valence-electron chi connectivity index (χ4n) is 0.588. The van der Waals surface area contributed by atoms with E-state index in [1.165, 1.54) is 14.2 Å². The van der Waals surface area contributed by atoms with Crippen molar-refractivity contribution in [3.63, 3.8) is 0 Å². The molecule has 0 aromatic heterocycles. The lowest BCUT2D eigenvalue weighted by Crippen LogP contribution is -2.37. The van der Waals surface area contributed by atoms with E-state index < -0.39 is 6.29 Å². The van der Waals surface area contributed by atoms with Crippen LogP contribution in [-0.2, 0) is 9.47 Å². The molecule has 11 heavy (non-hydrogen) atoms. The average Bonchev–Trinajstić information content (AvgIpc) is 2.02. The Bertz CT molecular complexity index is 127. The van der Waals surface area contributed by atoms with Crippen molar-refractivity contribution in [1.82, 2.24) is 5.32 Å². The monoisotopic (exact) mass is 161 g/mol. The van der Waals surface area contributed by atoms with E-state index in [1.807, 2.05) is 0 Å². The first-order valence-electron chi connectivity index (χ1n) is 3.32. The second kappa shape index (κ2) is 4.98. The molecule has 0 bridgehead atoms. The number of methoxy groups -OCH3 is 2. The lowest BCUT2D eigenvalue weighted by Gasteiger charge is -2.19. The van der Waals surface area contributed by atoms with Crippen LogP contribution >= 0.6 is 0 Å². The molecule has 0 aromatic carbocycles. The molecular formula is C7H15NO3. The smallest absolute Gasteiger partial charge is 0.179 e. The molecule has 0 heterocycles. The number of aliphatic hydroxyl groups excluding tert-OH is 1. The lowest BCUT2D eigenvalue weighted by atomic mass is 10.3. The van der Waals surface area contributed by atoms with Crippen molar-refractivity contribution in [2.24, 2.45) is 0 Å². The molecule has 2 atom stereocenters. The first-order chi connectivity index (χ1) is 5.11. The minimum Gasteiger partial charge on any atom is -0.483 e. The Balaban J connectivity index is 3.67. The van der Waals surface area contributed by atoms with Crippen LogP contribution < -0.4 is 5.32 Å². The summed E-state index contributed by atoms with van der Waals surface area (Å²) in [5.74, 6) is 0.411. The van der Waals surface area contributed by atoms with Gasteiger partial charge in [-0.3, -0.25) is 0 Å². The van der Waals surface area contributed by atoms with Crippen molar-refractivity contribution in [3.8, 4) is 0 Å². The van der Waals surface area contributed by atoms with Gasteiger partial charge < -0.3 is 19.9 Å². The Hall–Kier alpha value is -0.740. The van der Waals surface area contributed by atoms with E-state index in [0.29, 0.717) is 5.88 Å². The summed E-state index contributed by atoms with van der Waals surface area (Å²) < 4.78 is 9.40. The highest BCUT2D eigenvalue weighted by atomic mass is 16.6. The van der Waals surface area contributed by atoms with Gasteiger partial charge in [-0.25, -0.2) is 0 Å². The van der Waals surface area contributed by atoms with E-state index in [2.05, 4.69) is 16.6 Å². The number of rotatable bonds is 5. The van der Waals surface area contributed by atoms with E-state index in [-0.39, 0.29) is 6.04 Å². The van der Waals surface area contributed by atoms with E-state index >= 15 is 0 Å². The second-order valence-corrected chi connectivity index (χ2v) is 2.19. The molecule has 0 aliphatic carbocycles. The quantitative estimate of drug-likeness (QED) is 0.442. The van der Waals surface area contributed by atoms with Gasteiger partial charge in [0, 0.05) is 7.11 Å². The zero-order chi connectivity index (χ0) is 8.85. The van der Waals surface area contributed by atoms with E-state index in [4.69, 9.17) is 9.84 Å². The van der Waals surface area contributed by atoms with Crippen LogP contribution in [0.3, 0.4) is 0 Å². The minimum atomic E-state index is -0.845. The molecule has 0 fully saturated rings. The first-order valence-corrected chi connectivity index (χ1v) is 3.32. The van der Waals surface area contributed by atoms with Gasteiger partial charge in [-0.1, -0.05) is 0 Å². The maximum atomic E-state index is 9.09. The van der Waals surface area contributed by atoms with Crippen molar-refractivity contribution < 1.29 is 14.6 Å². The molecule has 0 spiro atoms. The normalized spacial score (nSPS) is 15.3. The lowest BCUT2D eigenvalue weighted by molar-refractivity contribution is -0.0934. The third kappa shape index (κ3) is 3.85. The summed E-state index contributed by atoms with van der Waals surface area (Å²) in [4.78, 5) is 0.